The standard InChI is InChI=1S/C41H72O14/c1-20(2)22(12-15-52-38-35(32(47)27(18-42)54-38)55-37-34(51-7)33(48)28(50-6)19-53-37)9-8-21(3)23-16-25(44)36-39(23,4)14-11-29-40(5)13-10-24(43)31(46)30(40)26(45)17-41(29,36)49/h20-38,42-49H,8-19H2,1-7H3/t21-,22-,23-,24+,25-,26+,27?,28?,29?,30?,31+,32?,33?,34?,35?,36?,37?,38?,39-,40-,41+/m1/s1. The average Bonchev–Trinajstić information content (AvgIpc) is 3.59. The maximum atomic E-state index is 12.7. The van der Waals surface area contributed by atoms with E-state index in [0.717, 1.165) is 32.1 Å². The van der Waals surface area contributed by atoms with Gasteiger partial charge in [-0.25, -0.2) is 0 Å². The lowest BCUT2D eigenvalue weighted by Gasteiger charge is -2.66. The molecule has 0 bridgehead atoms. The minimum atomic E-state index is -1.27. The van der Waals surface area contributed by atoms with Crippen LogP contribution in [-0.2, 0) is 28.4 Å². The van der Waals surface area contributed by atoms with Gasteiger partial charge in [-0.05, 0) is 85.4 Å². The zero-order valence-corrected chi connectivity index (χ0v) is 34.0. The molecule has 8 N–H and O–H groups in total. The van der Waals surface area contributed by atoms with Crippen molar-refractivity contribution in [3.8, 4) is 0 Å². The van der Waals surface area contributed by atoms with E-state index in [9.17, 15) is 40.9 Å². The number of aliphatic hydroxyl groups excluding tert-OH is 7. The van der Waals surface area contributed by atoms with E-state index in [0.29, 0.717) is 37.7 Å². The predicted molar refractivity (Wildman–Crippen MR) is 198 cm³/mol. The number of hydrogen-bond acceptors (Lipinski definition) is 14. The second-order valence-electron chi connectivity index (χ2n) is 19.1. The van der Waals surface area contributed by atoms with E-state index in [1.807, 2.05) is 0 Å². The Labute approximate surface area is 326 Å². The highest BCUT2D eigenvalue weighted by atomic mass is 16.8. The third-order valence-corrected chi connectivity index (χ3v) is 15.9. The monoisotopic (exact) mass is 788 g/mol. The molecule has 2 aliphatic heterocycles. The predicted octanol–water partition coefficient (Wildman–Crippen LogP) is 1.34. The van der Waals surface area contributed by atoms with Gasteiger partial charge in [0.1, 0.15) is 36.6 Å². The fourth-order valence-electron chi connectivity index (χ4n) is 13.0. The van der Waals surface area contributed by atoms with Gasteiger partial charge in [-0.2, -0.15) is 0 Å². The van der Waals surface area contributed by atoms with Gasteiger partial charge in [0.15, 0.2) is 12.6 Å². The van der Waals surface area contributed by atoms with E-state index in [2.05, 4.69) is 34.6 Å². The fourth-order valence-corrected chi connectivity index (χ4v) is 13.0. The Morgan fingerprint density at radius 3 is 2.15 bits per heavy atom. The fraction of sp³-hybridized carbons (Fsp3) is 1.00. The van der Waals surface area contributed by atoms with Crippen molar-refractivity contribution in [3.05, 3.63) is 0 Å². The molecule has 4 saturated carbocycles. The van der Waals surface area contributed by atoms with Crippen LogP contribution in [0.1, 0.15) is 92.4 Å². The first-order valence-corrected chi connectivity index (χ1v) is 21.0. The molecule has 0 spiro atoms. The zero-order chi connectivity index (χ0) is 40.2. The second kappa shape index (κ2) is 17.2. The Morgan fingerprint density at radius 2 is 1.49 bits per heavy atom. The van der Waals surface area contributed by atoms with Gasteiger partial charge in [0.05, 0.1) is 49.8 Å². The van der Waals surface area contributed by atoms with Crippen molar-refractivity contribution in [1.29, 1.82) is 0 Å². The van der Waals surface area contributed by atoms with Crippen LogP contribution in [0.25, 0.3) is 0 Å². The highest BCUT2D eigenvalue weighted by Crippen LogP contribution is 2.70. The summed E-state index contributed by atoms with van der Waals surface area (Å²) in [7, 11) is 2.90. The first-order chi connectivity index (χ1) is 26.0. The Kier molecular flexibility index (Phi) is 13.8. The largest absolute Gasteiger partial charge is 0.394 e. The lowest BCUT2D eigenvalue weighted by atomic mass is 9.41. The minimum absolute atomic E-state index is 0.0656. The number of rotatable bonds is 14. The van der Waals surface area contributed by atoms with Crippen LogP contribution >= 0.6 is 0 Å². The van der Waals surface area contributed by atoms with E-state index in [1.54, 1.807) is 0 Å². The van der Waals surface area contributed by atoms with Crippen LogP contribution < -0.4 is 0 Å². The topological polar surface area (TPSA) is 217 Å². The molecule has 6 fully saturated rings. The molecular formula is C41H72O14. The third-order valence-electron chi connectivity index (χ3n) is 15.9. The molecule has 2 saturated heterocycles. The number of hydrogen-bond donors (Lipinski definition) is 8. The first-order valence-electron chi connectivity index (χ1n) is 21.0. The van der Waals surface area contributed by atoms with Crippen molar-refractivity contribution in [3.63, 3.8) is 0 Å². The normalized spacial score (nSPS) is 51.1. The Hall–Kier alpha value is -0.560. The summed E-state index contributed by atoms with van der Waals surface area (Å²) < 4.78 is 34.7. The molecule has 0 amide bonds. The van der Waals surface area contributed by atoms with Crippen LogP contribution in [0, 0.1) is 52.3 Å². The van der Waals surface area contributed by atoms with E-state index in [-0.39, 0.29) is 42.1 Å². The maximum Gasteiger partial charge on any atom is 0.187 e. The Morgan fingerprint density at radius 1 is 0.782 bits per heavy atom. The molecule has 0 aromatic rings. The number of ether oxygens (including phenoxy) is 6. The molecule has 6 aliphatic rings. The van der Waals surface area contributed by atoms with Crippen molar-refractivity contribution in [2.45, 2.75) is 172 Å². The number of methoxy groups -OCH3 is 2. The molecule has 320 valence electrons. The summed E-state index contributed by atoms with van der Waals surface area (Å²) in [4.78, 5) is 0. The third kappa shape index (κ3) is 7.82. The summed E-state index contributed by atoms with van der Waals surface area (Å²) in [5.41, 5.74) is -2.13. The Balaban J connectivity index is 1.07. The number of fused-ring (bicyclic) bond motifs is 5. The Bertz CT molecular complexity index is 1260. The summed E-state index contributed by atoms with van der Waals surface area (Å²) in [5.74, 6) is 0.0195. The lowest BCUT2D eigenvalue weighted by Crippen LogP contribution is -2.70. The van der Waals surface area contributed by atoms with Crippen molar-refractivity contribution < 1.29 is 69.3 Å². The van der Waals surface area contributed by atoms with Gasteiger partial charge in [-0.1, -0.05) is 41.0 Å². The molecule has 21 atom stereocenters. The molecule has 11 unspecified atom stereocenters. The average molecular weight is 789 g/mol. The van der Waals surface area contributed by atoms with Gasteiger partial charge in [0.25, 0.3) is 0 Å². The van der Waals surface area contributed by atoms with Crippen LogP contribution in [0.3, 0.4) is 0 Å². The molecular weight excluding hydrogens is 716 g/mol. The van der Waals surface area contributed by atoms with Crippen LogP contribution in [0.2, 0.25) is 0 Å². The summed E-state index contributed by atoms with van der Waals surface area (Å²) in [6.45, 7) is 10.9. The molecule has 0 aromatic heterocycles. The molecule has 14 nitrogen and oxygen atoms in total. The van der Waals surface area contributed by atoms with Crippen molar-refractivity contribution in [2.24, 2.45) is 52.3 Å². The summed E-state index contributed by atoms with van der Waals surface area (Å²) in [5, 5.41) is 88.9. The van der Waals surface area contributed by atoms with E-state index < -0.39 is 97.2 Å². The molecule has 55 heavy (non-hydrogen) atoms. The maximum absolute atomic E-state index is 12.7. The molecule has 14 heteroatoms. The molecule has 0 aromatic carbocycles. The number of aliphatic hydroxyl groups is 8. The van der Waals surface area contributed by atoms with Crippen LogP contribution in [0.4, 0.5) is 0 Å². The van der Waals surface area contributed by atoms with Gasteiger partial charge in [0, 0.05) is 32.5 Å². The zero-order valence-electron chi connectivity index (χ0n) is 34.0. The van der Waals surface area contributed by atoms with Gasteiger partial charge in [0.2, 0.25) is 0 Å². The van der Waals surface area contributed by atoms with Crippen molar-refractivity contribution >= 4 is 0 Å². The SMILES string of the molecule is COC1COC(OC2C(OCC[C@@H](CC[C@@H](C)[C@H]3C[C@@H](O)C4[C@]5(O)C[C@H](O)C6[C@@H](O)[C@@H](O)CC[C@]6(C)C5CC[C@@]43C)C(C)C)OC(CO)C2O)C(OC)C1O. The van der Waals surface area contributed by atoms with Crippen LogP contribution in [0.15, 0.2) is 0 Å². The van der Waals surface area contributed by atoms with Gasteiger partial charge in [-0.15, -0.1) is 0 Å². The quantitative estimate of drug-likeness (QED) is 0.125. The van der Waals surface area contributed by atoms with Crippen LogP contribution in [-0.4, -0.2) is 154 Å². The second-order valence-corrected chi connectivity index (χ2v) is 19.1. The lowest BCUT2D eigenvalue weighted by molar-refractivity contribution is -0.309. The molecule has 6 rings (SSSR count). The van der Waals surface area contributed by atoms with Gasteiger partial charge < -0.3 is 69.3 Å². The molecule has 0 radical (unpaired) electrons. The van der Waals surface area contributed by atoms with E-state index in [4.69, 9.17) is 28.4 Å². The van der Waals surface area contributed by atoms with Crippen LogP contribution in [0.5, 0.6) is 0 Å². The van der Waals surface area contributed by atoms with Gasteiger partial charge >= 0.3 is 0 Å². The minimum Gasteiger partial charge on any atom is -0.394 e. The summed E-state index contributed by atoms with van der Waals surface area (Å²) in [6, 6.07) is 0. The first kappa shape index (κ1) is 44.0. The van der Waals surface area contributed by atoms with Crippen molar-refractivity contribution in [2.75, 3.05) is 34.0 Å². The van der Waals surface area contributed by atoms with E-state index >= 15 is 0 Å². The highest BCUT2D eigenvalue weighted by Gasteiger charge is 2.71. The van der Waals surface area contributed by atoms with E-state index in [1.165, 1.54) is 14.2 Å². The molecule has 2 heterocycles. The molecule has 4 aliphatic carbocycles. The highest BCUT2D eigenvalue weighted by molar-refractivity contribution is 5.21. The van der Waals surface area contributed by atoms with Crippen molar-refractivity contribution in [1.82, 2.24) is 0 Å². The summed E-state index contributed by atoms with van der Waals surface area (Å²) in [6.07, 6.45) is -5.27. The van der Waals surface area contributed by atoms with Gasteiger partial charge in [-0.3, -0.25) is 0 Å². The smallest absolute Gasteiger partial charge is 0.187 e. The summed E-state index contributed by atoms with van der Waals surface area (Å²) >= 11 is 0.